The quantitative estimate of drug-likeness (QED) is 0.785. The predicted molar refractivity (Wildman–Crippen MR) is 86.5 cm³/mol. The summed E-state index contributed by atoms with van der Waals surface area (Å²) in [6.45, 7) is 3.42. The summed E-state index contributed by atoms with van der Waals surface area (Å²) in [5, 5.41) is 0.598. The van der Waals surface area contributed by atoms with E-state index in [0.717, 1.165) is 25.8 Å². The molecule has 1 fully saturated rings. The Balaban J connectivity index is 1.84. The van der Waals surface area contributed by atoms with Gasteiger partial charge in [0.2, 0.25) is 0 Å². The van der Waals surface area contributed by atoms with E-state index >= 15 is 0 Å². The highest BCUT2D eigenvalue weighted by molar-refractivity contribution is 6.43. The third kappa shape index (κ3) is 2.64. The Hall–Kier alpha value is -1.10. The summed E-state index contributed by atoms with van der Waals surface area (Å²) in [5.74, 6) is -0.557. The van der Waals surface area contributed by atoms with Crippen LogP contribution in [0.2, 0.25) is 10.0 Å². The van der Waals surface area contributed by atoms with Crippen molar-refractivity contribution in [1.29, 1.82) is 0 Å². The molecule has 0 saturated carbocycles. The van der Waals surface area contributed by atoms with Crippen LogP contribution in [-0.4, -0.2) is 40.9 Å². The van der Waals surface area contributed by atoms with Gasteiger partial charge in [0.15, 0.2) is 0 Å². The lowest BCUT2D eigenvalue weighted by molar-refractivity contribution is 0.0417. The minimum absolute atomic E-state index is 0.279. The molecule has 2 amide bonds. The highest BCUT2D eigenvalue weighted by atomic mass is 35.5. The summed E-state index contributed by atoms with van der Waals surface area (Å²) in [5.41, 5.74) is 0.703. The van der Waals surface area contributed by atoms with Crippen LogP contribution in [0.15, 0.2) is 12.1 Å². The number of nitrogens with zero attached hydrogens (tertiary/aromatic N) is 2. The largest absolute Gasteiger partial charge is 0.283 e. The zero-order valence-electron chi connectivity index (χ0n) is 12.4. The van der Waals surface area contributed by atoms with Crippen LogP contribution in [-0.2, 0) is 0 Å². The van der Waals surface area contributed by atoms with Crippen molar-refractivity contribution in [1.82, 2.24) is 9.80 Å². The van der Waals surface area contributed by atoms with Gasteiger partial charge >= 0.3 is 0 Å². The number of rotatable bonds is 3. The van der Waals surface area contributed by atoms with Crippen molar-refractivity contribution in [3.05, 3.63) is 33.3 Å². The maximum atomic E-state index is 12.5. The molecule has 0 bridgehead atoms. The topological polar surface area (TPSA) is 40.6 Å². The lowest BCUT2D eigenvalue weighted by atomic mass is 10.0. The predicted octanol–water partition coefficient (Wildman–Crippen LogP) is 3.81. The first kappa shape index (κ1) is 15.8. The molecule has 1 atom stereocenters. The van der Waals surface area contributed by atoms with E-state index in [1.54, 1.807) is 0 Å². The average Bonchev–Trinajstić information content (AvgIpc) is 2.73. The minimum atomic E-state index is -0.279. The summed E-state index contributed by atoms with van der Waals surface area (Å²) in [6.07, 6.45) is 4.47. The third-order valence-electron chi connectivity index (χ3n) is 4.55. The fourth-order valence-corrected chi connectivity index (χ4v) is 3.63. The van der Waals surface area contributed by atoms with Crippen LogP contribution in [0.4, 0.5) is 0 Å². The Morgan fingerprint density at radius 3 is 2.23 bits per heavy atom. The third-order valence-corrected chi connectivity index (χ3v) is 5.28. The molecule has 0 radical (unpaired) electrons. The van der Waals surface area contributed by atoms with Crippen LogP contribution in [0.3, 0.4) is 0 Å². The summed E-state index contributed by atoms with van der Waals surface area (Å²) >= 11 is 11.9. The Labute approximate surface area is 140 Å². The summed E-state index contributed by atoms with van der Waals surface area (Å²) in [4.78, 5) is 28.6. The first-order valence-corrected chi connectivity index (χ1v) is 8.37. The van der Waals surface area contributed by atoms with E-state index in [1.807, 2.05) is 0 Å². The van der Waals surface area contributed by atoms with Crippen molar-refractivity contribution in [2.45, 2.75) is 38.6 Å². The average molecular weight is 341 g/mol. The maximum absolute atomic E-state index is 12.5. The number of piperidine rings is 1. The number of hydrogen-bond acceptors (Lipinski definition) is 3. The van der Waals surface area contributed by atoms with E-state index in [9.17, 15) is 9.59 Å². The molecule has 1 aromatic rings. The fraction of sp³-hybridized carbons (Fsp3) is 0.500. The lowest BCUT2D eigenvalue weighted by Gasteiger charge is -2.37. The first-order chi connectivity index (χ1) is 10.5. The van der Waals surface area contributed by atoms with Gasteiger partial charge in [-0.1, -0.05) is 36.5 Å². The number of benzene rings is 1. The maximum Gasteiger partial charge on any atom is 0.262 e. The molecular formula is C16H18Cl2N2O2. The Kier molecular flexibility index (Phi) is 4.44. The van der Waals surface area contributed by atoms with Crippen molar-refractivity contribution >= 4 is 35.0 Å². The monoisotopic (exact) mass is 340 g/mol. The molecule has 0 aliphatic carbocycles. The van der Waals surface area contributed by atoms with Gasteiger partial charge in [-0.05, 0) is 31.4 Å². The molecule has 1 aromatic carbocycles. The highest BCUT2D eigenvalue weighted by Crippen LogP contribution is 2.32. The summed E-state index contributed by atoms with van der Waals surface area (Å²) in [6, 6.07) is 3.42. The van der Waals surface area contributed by atoms with E-state index in [0.29, 0.717) is 33.9 Å². The number of likely N-dealkylation sites (tertiary alicyclic amines) is 1. The lowest BCUT2D eigenvalue weighted by Crippen LogP contribution is -2.47. The molecule has 0 spiro atoms. The molecule has 2 heterocycles. The van der Waals surface area contributed by atoms with Gasteiger partial charge in [-0.25, -0.2) is 0 Å². The Morgan fingerprint density at radius 1 is 1.09 bits per heavy atom. The van der Waals surface area contributed by atoms with Gasteiger partial charge < -0.3 is 0 Å². The molecular weight excluding hydrogens is 323 g/mol. The molecule has 22 heavy (non-hydrogen) atoms. The van der Waals surface area contributed by atoms with Gasteiger partial charge in [-0.2, -0.15) is 0 Å². The number of halogens is 2. The number of imide groups is 1. The molecule has 6 heteroatoms. The van der Waals surface area contributed by atoms with Crippen LogP contribution >= 0.6 is 23.2 Å². The zero-order valence-corrected chi connectivity index (χ0v) is 14.0. The molecule has 1 unspecified atom stereocenters. The standard InChI is InChI=1S/C16H18Cl2N2O2/c1-2-10-5-3-4-6-19(10)9-20-15(21)11-7-13(17)14(18)8-12(11)16(20)22/h7-8,10H,2-6,9H2,1H3. The van der Waals surface area contributed by atoms with E-state index in [2.05, 4.69) is 11.8 Å². The van der Waals surface area contributed by atoms with Crippen LogP contribution in [0.25, 0.3) is 0 Å². The number of carbonyl (C=O) groups excluding carboxylic acids is 2. The summed E-state index contributed by atoms with van der Waals surface area (Å²) in [7, 11) is 0. The van der Waals surface area contributed by atoms with E-state index in [1.165, 1.54) is 23.5 Å². The van der Waals surface area contributed by atoms with Gasteiger partial charge in [-0.15, -0.1) is 0 Å². The molecule has 0 aromatic heterocycles. The molecule has 118 valence electrons. The van der Waals surface area contributed by atoms with Crippen molar-refractivity contribution in [3.63, 3.8) is 0 Å². The molecule has 2 aliphatic rings. The number of amides is 2. The molecule has 2 aliphatic heterocycles. The van der Waals surface area contributed by atoms with E-state index < -0.39 is 0 Å². The smallest absolute Gasteiger partial charge is 0.262 e. The van der Waals surface area contributed by atoms with Crippen molar-refractivity contribution in [3.8, 4) is 0 Å². The Morgan fingerprint density at radius 2 is 1.68 bits per heavy atom. The molecule has 0 N–H and O–H groups in total. The second-order valence-corrected chi connectivity index (χ2v) is 6.68. The summed E-state index contributed by atoms with van der Waals surface area (Å²) < 4.78 is 0. The van der Waals surface area contributed by atoms with E-state index in [-0.39, 0.29) is 11.8 Å². The number of hydrogen-bond donors (Lipinski definition) is 0. The van der Waals surface area contributed by atoms with Gasteiger partial charge in [0.05, 0.1) is 27.8 Å². The van der Waals surface area contributed by atoms with Crippen molar-refractivity contribution in [2.24, 2.45) is 0 Å². The van der Waals surface area contributed by atoms with Gasteiger partial charge in [0.1, 0.15) is 0 Å². The Bertz CT molecular complexity index is 592. The van der Waals surface area contributed by atoms with Crippen LogP contribution < -0.4 is 0 Å². The molecule has 3 rings (SSSR count). The minimum Gasteiger partial charge on any atom is -0.283 e. The van der Waals surface area contributed by atoms with Crippen LogP contribution in [0, 0.1) is 0 Å². The van der Waals surface area contributed by atoms with Gasteiger partial charge in [0.25, 0.3) is 11.8 Å². The van der Waals surface area contributed by atoms with E-state index in [4.69, 9.17) is 23.2 Å². The van der Waals surface area contributed by atoms with Crippen molar-refractivity contribution < 1.29 is 9.59 Å². The molecule has 1 saturated heterocycles. The molecule has 4 nitrogen and oxygen atoms in total. The second kappa shape index (κ2) is 6.19. The number of fused-ring (bicyclic) bond motifs is 1. The van der Waals surface area contributed by atoms with Gasteiger partial charge in [-0.3, -0.25) is 19.4 Å². The second-order valence-electron chi connectivity index (χ2n) is 5.86. The number of carbonyl (C=O) groups is 2. The zero-order chi connectivity index (χ0) is 15.9. The fourth-order valence-electron chi connectivity index (χ4n) is 3.30. The normalized spacial score (nSPS) is 22.3. The first-order valence-electron chi connectivity index (χ1n) is 7.62. The van der Waals surface area contributed by atoms with Crippen LogP contribution in [0.5, 0.6) is 0 Å². The highest BCUT2D eigenvalue weighted by Gasteiger charge is 2.38. The van der Waals surface area contributed by atoms with Gasteiger partial charge in [0, 0.05) is 12.6 Å². The van der Waals surface area contributed by atoms with Crippen molar-refractivity contribution in [2.75, 3.05) is 13.2 Å². The SMILES string of the molecule is CCC1CCCCN1CN1C(=O)c2cc(Cl)c(Cl)cc2C1=O. The van der Waals surface area contributed by atoms with Crippen LogP contribution in [0.1, 0.15) is 53.3 Å².